The van der Waals surface area contributed by atoms with Crippen LogP contribution in [0.5, 0.6) is 0 Å². The van der Waals surface area contributed by atoms with Gasteiger partial charge in [0.25, 0.3) is 0 Å². The number of benzene rings is 1. The number of nitro benzene ring substituents is 1. The Labute approximate surface area is 92.0 Å². The van der Waals surface area contributed by atoms with Gasteiger partial charge in [-0.3, -0.25) is 14.9 Å². The topological polar surface area (TPSA) is 60.2 Å². The van der Waals surface area contributed by atoms with Crippen LogP contribution in [0.4, 0.5) is 23.2 Å². The second-order valence-corrected chi connectivity index (χ2v) is 3.14. The number of carbonyl (C=O) groups excluding carboxylic acids is 1. The molecule has 0 bridgehead atoms. The molecule has 0 aliphatic carbocycles. The van der Waals surface area contributed by atoms with Crippen molar-refractivity contribution in [3.8, 4) is 0 Å². The average molecular weight is 251 g/mol. The number of halogens is 4. The van der Waals surface area contributed by atoms with Crippen LogP contribution in [0.3, 0.4) is 0 Å². The Bertz CT molecular complexity index is 470. The Morgan fingerprint density at radius 1 is 1.35 bits per heavy atom. The number of rotatable bonds is 3. The van der Waals surface area contributed by atoms with E-state index in [9.17, 15) is 32.5 Å². The maximum atomic E-state index is 12.8. The van der Waals surface area contributed by atoms with Gasteiger partial charge in [0.2, 0.25) is 11.6 Å². The second-order valence-electron chi connectivity index (χ2n) is 3.14. The van der Waals surface area contributed by atoms with Crippen molar-refractivity contribution in [3.63, 3.8) is 0 Å². The minimum Gasteiger partial charge on any atom is -0.289 e. The van der Waals surface area contributed by atoms with Crippen molar-refractivity contribution < 1.29 is 27.3 Å². The Morgan fingerprint density at radius 3 is 2.41 bits per heavy atom. The summed E-state index contributed by atoms with van der Waals surface area (Å²) >= 11 is 0. The van der Waals surface area contributed by atoms with Gasteiger partial charge < -0.3 is 0 Å². The van der Waals surface area contributed by atoms with Crippen molar-refractivity contribution in [2.24, 2.45) is 0 Å². The Morgan fingerprint density at radius 2 is 1.94 bits per heavy atom. The summed E-state index contributed by atoms with van der Waals surface area (Å²) in [7, 11) is 0. The van der Waals surface area contributed by atoms with E-state index >= 15 is 0 Å². The van der Waals surface area contributed by atoms with E-state index in [0.29, 0.717) is 12.1 Å². The summed E-state index contributed by atoms with van der Waals surface area (Å²) in [5.74, 6) is -3.21. The van der Waals surface area contributed by atoms with Crippen LogP contribution in [0.15, 0.2) is 18.2 Å². The molecule has 0 aromatic heterocycles. The Hall–Kier alpha value is -1.99. The molecular weight excluding hydrogens is 246 g/mol. The van der Waals surface area contributed by atoms with Gasteiger partial charge in [-0.2, -0.15) is 17.6 Å². The molecule has 0 unspecified atom stereocenters. The number of nitro groups is 1. The van der Waals surface area contributed by atoms with Crippen LogP contribution in [0.25, 0.3) is 0 Å². The first kappa shape index (κ1) is 13.1. The highest BCUT2D eigenvalue weighted by Gasteiger charge is 2.37. The van der Waals surface area contributed by atoms with Crippen molar-refractivity contribution in [3.05, 3.63) is 39.7 Å². The molecule has 0 fully saturated rings. The predicted octanol–water partition coefficient (Wildman–Crippen LogP) is 2.41. The van der Waals surface area contributed by atoms with Crippen molar-refractivity contribution in [2.75, 3.05) is 0 Å². The molecule has 0 saturated carbocycles. The van der Waals surface area contributed by atoms with E-state index in [0.717, 1.165) is 6.07 Å². The van der Waals surface area contributed by atoms with Gasteiger partial charge in [0.15, 0.2) is 0 Å². The summed E-state index contributed by atoms with van der Waals surface area (Å²) in [5.41, 5.74) is -1.22. The number of ketones is 1. The van der Waals surface area contributed by atoms with Crippen molar-refractivity contribution in [1.82, 2.24) is 0 Å². The highest BCUT2D eigenvalue weighted by atomic mass is 19.4. The number of nitrogens with zero attached hydrogens (tertiary/aromatic N) is 1. The molecule has 0 aliphatic heterocycles. The molecule has 0 radical (unpaired) electrons. The lowest BCUT2D eigenvalue weighted by Gasteiger charge is -2.05. The van der Waals surface area contributed by atoms with E-state index < -0.39 is 34.8 Å². The molecule has 0 spiro atoms. The first-order chi connectivity index (χ1) is 7.71. The van der Waals surface area contributed by atoms with Crippen molar-refractivity contribution in [2.45, 2.75) is 12.6 Å². The van der Waals surface area contributed by atoms with Crippen LogP contribution < -0.4 is 0 Å². The van der Waals surface area contributed by atoms with E-state index in [4.69, 9.17) is 0 Å². The molecule has 0 amide bonds. The van der Waals surface area contributed by atoms with Gasteiger partial charge in [0.05, 0.1) is 4.92 Å². The third-order valence-corrected chi connectivity index (χ3v) is 1.89. The van der Waals surface area contributed by atoms with E-state index in [1.165, 1.54) is 0 Å². The summed E-state index contributed by atoms with van der Waals surface area (Å²) < 4.78 is 48.6. The molecule has 0 aliphatic rings. The number of carbonyl (C=O) groups is 1. The monoisotopic (exact) mass is 251 g/mol. The molecule has 1 aromatic rings. The van der Waals surface area contributed by atoms with Crippen LogP contribution in [0, 0.1) is 15.9 Å². The Kier molecular flexibility index (Phi) is 3.45. The van der Waals surface area contributed by atoms with Gasteiger partial charge in [-0.15, -0.1) is 0 Å². The molecule has 0 saturated heterocycles. The van der Waals surface area contributed by atoms with Gasteiger partial charge in [0, 0.05) is 12.5 Å². The highest BCUT2D eigenvalue weighted by molar-refractivity contribution is 5.86. The first-order valence-electron chi connectivity index (χ1n) is 4.24. The minimum absolute atomic E-state index is 0.263. The van der Waals surface area contributed by atoms with Crippen LogP contribution in [-0.2, 0) is 11.2 Å². The van der Waals surface area contributed by atoms with Crippen LogP contribution in [0.1, 0.15) is 5.56 Å². The van der Waals surface area contributed by atoms with Gasteiger partial charge in [0.1, 0.15) is 0 Å². The number of hydrogen-bond acceptors (Lipinski definition) is 3. The van der Waals surface area contributed by atoms with Gasteiger partial charge in [-0.25, -0.2) is 0 Å². The summed E-state index contributed by atoms with van der Waals surface area (Å²) in [6, 6.07) is 2.15. The van der Waals surface area contributed by atoms with Gasteiger partial charge in [-0.05, 0) is 11.6 Å². The lowest BCUT2D eigenvalue weighted by molar-refractivity contribution is -0.387. The normalized spacial score (nSPS) is 11.3. The largest absolute Gasteiger partial charge is 0.450 e. The van der Waals surface area contributed by atoms with Crippen LogP contribution in [-0.4, -0.2) is 16.9 Å². The highest BCUT2D eigenvalue weighted by Crippen LogP contribution is 2.22. The summed E-state index contributed by atoms with van der Waals surface area (Å²) in [5, 5.41) is 10.3. The summed E-state index contributed by atoms with van der Waals surface area (Å²) in [6.45, 7) is 0. The van der Waals surface area contributed by atoms with Crippen LogP contribution >= 0.6 is 0 Å². The fraction of sp³-hybridized carbons (Fsp3) is 0.222. The maximum Gasteiger partial charge on any atom is 0.450 e. The molecule has 0 N–H and O–H groups in total. The zero-order valence-electron chi connectivity index (χ0n) is 8.12. The lowest BCUT2D eigenvalue weighted by atomic mass is 10.1. The zero-order chi connectivity index (χ0) is 13.2. The molecule has 92 valence electrons. The first-order valence-corrected chi connectivity index (χ1v) is 4.24. The average Bonchev–Trinajstić information content (AvgIpc) is 2.19. The summed E-state index contributed by atoms with van der Waals surface area (Å²) in [4.78, 5) is 19.9. The molecule has 17 heavy (non-hydrogen) atoms. The predicted molar refractivity (Wildman–Crippen MR) is 47.8 cm³/mol. The molecule has 1 rings (SSSR count). The van der Waals surface area contributed by atoms with Crippen molar-refractivity contribution in [1.29, 1.82) is 0 Å². The van der Waals surface area contributed by atoms with E-state index in [2.05, 4.69) is 0 Å². The van der Waals surface area contributed by atoms with Gasteiger partial charge >= 0.3 is 11.9 Å². The molecule has 1 aromatic carbocycles. The van der Waals surface area contributed by atoms with Crippen LogP contribution in [0.2, 0.25) is 0 Å². The minimum atomic E-state index is -5.01. The third-order valence-electron chi connectivity index (χ3n) is 1.89. The quantitative estimate of drug-likeness (QED) is 0.470. The molecule has 0 atom stereocenters. The number of hydrogen-bond donors (Lipinski definition) is 0. The second kappa shape index (κ2) is 4.48. The molecule has 0 heterocycles. The SMILES string of the molecule is O=C(Cc1ccc(F)c([N+](=O)[O-])c1)C(F)(F)F. The van der Waals surface area contributed by atoms with E-state index in [-0.39, 0.29) is 5.56 Å². The van der Waals surface area contributed by atoms with E-state index in [1.807, 2.05) is 0 Å². The maximum absolute atomic E-state index is 12.8. The summed E-state index contributed by atoms with van der Waals surface area (Å²) in [6.07, 6.45) is -6.06. The zero-order valence-corrected chi connectivity index (χ0v) is 8.12. The fourth-order valence-electron chi connectivity index (χ4n) is 1.09. The number of alkyl halides is 3. The van der Waals surface area contributed by atoms with E-state index in [1.54, 1.807) is 0 Å². The molecular formula is C9H5F4NO3. The Balaban J connectivity index is 2.98. The number of Topliss-reactive ketones (excluding diaryl/α,β-unsaturated/α-hetero) is 1. The molecule has 4 nitrogen and oxygen atoms in total. The standard InChI is InChI=1S/C9H5F4NO3/c10-6-2-1-5(3-7(6)14(16)17)4-8(15)9(11,12)13/h1-3H,4H2. The van der Waals surface area contributed by atoms with Crippen molar-refractivity contribution >= 4 is 11.5 Å². The van der Waals surface area contributed by atoms with Gasteiger partial charge in [-0.1, -0.05) is 6.07 Å². The third kappa shape index (κ3) is 3.23. The molecule has 8 heteroatoms. The fourth-order valence-corrected chi connectivity index (χ4v) is 1.09. The smallest absolute Gasteiger partial charge is 0.289 e. The lowest BCUT2D eigenvalue weighted by Crippen LogP contribution is -2.24.